The molecule has 0 radical (unpaired) electrons. The third-order valence-electron chi connectivity index (χ3n) is 5.75. The van der Waals surface area contributed by atoms with Crippen LogP contribution in [0.2, 0.25) is 0 Å². The molecule has 0 unspecified atom stereocenters. The number of aromatic nitrogens is 3. The highest BCUT2D eigenvalue weighted by atomic mass is 32.1. The fourth-order valence-corrected chi connectivity index (χ4v) is 4.60. The second kappa shape index (κ2) is 9.03. The summed E-state index contributed by atoms with van der Waals surface area (Å²) in [6, 6.07) is 22.1. The summed E-state index contributed by atoms with van der Waals surface area (Å²) < 4.78 is 7.76. The van der Waals surface area contributed by atoms with Crippen LogP contribution in [-0.2, 0) is 0 Å². The van der Waals surface area contributed by atoms with E-state index in [1.807, 2.05) is 87.0 Å². The number of anilines is 1. The van der Waals surface area contributed by atoms with E-state index in [1.165, 1.54) is 0 Å². The normalized spacial score (nSPS) is 17.8. The molecule has 0 amide bonds. The Balaban J connectivity index is 1.62. The van der Waals surface area contributed by atoms with Crippen LogP contribution in [-0.4, -0.2) is 26.3 Å². The van der Waals surface area contributed by atoms with Crippen LogP contribution < -0.4 is 15.0 Å². The minimum Gasteiger partial charge on any atom is -0.494 e. The molecule has 3 aromatic heterocycles. The molecule has 7 heteroatoms. The number of benzene rings is 1. The van der Waals surface area contributed by atoms with Gasteiger partial charge in [-0.15, -0.1) is 0 Å². The lowest BCUT2D eigenvalue weighted by atomic mass is 10.0. The third-order valence-corrected chi connectivity index (χ3v) is 6.06. The van der Waals surface area contributed by atoms with E-state index in [1.54, 1.807) is 0 Å². The van der Waals surface area contributed by atoms with Crippen molar-refractivity contribution in [3.63, 3.8) is 0 Å². The zero-order valence-electron chi connectivity index (χ0n) is 18.6. The van der Waals surface area contributed by atoms with Crippen molar-refractivity contribution in [3.05, 3.63) is 102 Å². The van der Waals surface area contributed by atoms with Crippen LogP contribution in [0.15, 0.2) is 85.3 Å². The number of nitrogens with one attached hydrogen (secondary N) is 1. The van der Waals surface area contributed by atoms with Gasteiger partial charge in [-0.05, 0) is 86.2 Å². The lowest BCUT2D eigenvalue weighted by Crippen LogP contribution is -2.30. The number of ether oxygens (including phenoxy) is 1. The van der Waals surface area contributed by atoms with Gasteiger partial charge in [0.05, 0.1) is 18.3 Å². The summed E-state index contributed by atoms with van der Waals surface area (Å²) in [6.45, 7) is 4.65. The SMILES string of the molecule is CCOc1ccc(N2C(=S)N[C@@H](c3ccccn3)[C@H]2c2cccn2-c2ccc(C)cn2)cc1. The summed E-state index contributed by atoms with van der Waals surface area (Å²) in [5.41, 5.74) is 4.12. The molecule has 0 bridgehead atoms. The van der Waals surface area contributed by atoms with Gasteiger partial charge in [0.1, 0.15) is 17.6 Å². The number of hydrogen-bond donors (Lipinski definition) is 1. The number of rotatable bonds is 6. The first-order valence-corrected chi connectivity index (χ1v) is 11.4. The molecule has 4 aromatic rings. The zero-order valence-corrected chi connectivity index (χ0v) is 19.4. The van der Waals surface area contributed by atoms with E-state index < -0.39 is 0 Å². The van der Waals surface area contributed by atoms with Crippen LogP contribution in [0.25, 0.3) is 5.82 Å². The van der Waals surface area contributed by atoms with Crippen LogP contribution in [0.4, 0.5) is 5.69 Å². The Labute approximate surface area is 198 Å². The maximum atomic E-state index is 5.84. The second-order valence-corrected chi connectivity index (χ2v) is 8.31. The van der Waals surface area contributed by atoms with Crippen molar-refractivity contribution in [3.8, 4) is 11.6 Å². The zero-order chi connectivity index (χ0) is 22.8. The molecule has 0 aliphatic carbocycles. The lowest BCUT2D eigenvalue weighted by molar-refractivity contribution is 0.340. The van der Waals surface area contributed by atoms with Gasteiger partial charge in [-0.25, -0.2) is 4.98 Å². The molecule has 6 nitrogen and oxygen atoms in total. The average Bonchev–Trinajstić information content (AvgIpc) is 3.45. The number of pyridine rings is 2. The molecule has 1 saturated heterocycles. The molecule has 166 valence electrons. The van der Waals surface area contributed by atoms with Gasteiger partial charge in [0.25, 0.3) is 0 Å². The van der Waals surface area contributed by atoms with E-state index >= 15 is 0 Å². The van der Waals surface area contributed by atoms with Gasteiger partial charge in [0, 0.05) is 30.0 Å². The lowest BCUT2D eigenvalue weighted by Gasteiger charge is -2.29. The standard InChI is InChI=1S/C26H25N5OS/c1-3-32-20-12-10-19(11-13-20)31-25(24(29-26(31)33)21-7-4-5-15-27-21)22-8-6-16-30(22)23-14-9-18(2)17-28-23/h4-17,24-25H,3H2,1-2H3,(H,29,33)/t24-,25+/m0/s1. The van der Waals surface area contributed by atoms with Crippen molar-refractivity contribution in [2.24, 2.45) is 0 Å². The van der Waals surface area contributed by atoms with Crippen molar-refractivity contribution in [2.75, 3.05) is 11.5 Å². The quantitative estimate of drug-likeness (QED) is 0.406. The molecule has 1 aliphatic rings. The first kappa shape index (κ1) is 21.2. The topological polar surface area (TPSA) is 55.2 Å². The van der Waals surface area contributed by atoms with Crippen LogP contribution in [0.5, 0.6) is 5.75 Å². The van der Waals surface area contributed by atoms with Crippen molar-refractivity contribution >= 4 is 23.0 Å². The van der Waals surface area contributed by atoms with Gasteiger partial charge in [-0.1, -0.05) is 12.1 Å². The molecule has 2 atom stereocenters. The summed E-state index contributed by atoms with van der Waals surface area (Å²) in [6.07, 6.45) is 5.74. The maximum Gasteiger partial charge on any atom is 0.174 e. The molecule has 5 rings (SSSR count). The molecule has 4 heterocycles. The molecule has 1 fully saturated rings. The Morgan fingerprint density at radius 3 is 2.55 bits per heavy atom. The van der Waals surface area contributed by atoms with E-state index in [0.717, 1.165) is 34.2 Å². The van der Waals surface area contributed by atoms with Crippen molar-refractivity contribution < 1.29 is 4.74 Å². The smallest absolute Gasteiger partial charge is 0.174 e. The van der Waals surface area contributed by atoms with E-state index in [-0.39, 0.29) is 12.1 Å². The largest absolute Gasteiger partial charge is 0.494 e. The van der Waals surface area contributed by atoms with Crippen molar-refractivity contribution in [2.45, 2.75) is 25.9 Å². The van der Waals surface area contributed by atoms with Crippen LogP contribution in [0.1, 0.15) is 36.0 Å². The van der Waals surface area contributed by atoms with E-state index in [0.29, 0.717) is 11.7 Å². The highest BCUT2D eigenvalue weighted by Gasteiger charge is 2.42. The number of hydrogen-bond acceptors (Lipinski definition) is 4. The third kappa shape index (κ3) is 4.07. The van der Waals surface area contributed by atoms with Gasteiger partial charge >= 0.3 is 0 Å². The first-order valence-electron chi connectivity index (χ1n) is 11.0. The molecular formula is C26H25N5OS. The highest BCUT2D eigenvalue weighted by Crippen LogP contribution is 2.42. The maximum absolute atomic E-state index is 5.84. The summed E-state index contributed by atoms with van der Waals surface area (Å²) in [7, 11) is 0. The second-order valence-electron chi connectivity index (χ2n) is 7.92. The Morgan fingerprint density at radius 1 is 1.00 bits per heavy atom. The van der Waals surface area contributed by atoms with Gasteiger partial charge < -0.3 is 19.5 Å². The predicted molar refractivity (Wildman–Crippen MR) is 134 cm³/mol. The molecule has 1 aromatic carbocycles. The Morgan fingerprint density at radius 2 is 1.85 bits per heavy atom. The fraction of sp³-hybridized carbons (Fsp3) is 0.192. The van der Waals surface area contributed by atoms with Crippen molar-refractivity contribution in [1.29, 1.82) is 0 Å². The Hall–Kier alpha value is -3.71. The highest BCUT2D eigenvalue weighted by molar-refractivity contribution is 7.80. The summed E-state index contributed by atoms with van der Waals surface area (Å²) in [4.78, 5) is 11.5. The van der Waals surface area contributed by atoms with Gasteiger partial charge in [-0.3, -0.25) is 4.98 Å². The molecular weight excluding hydrogens is 430 g/mol. The van der Waals surface area contributed by atoms with E-state index in [4.69, 9.17) is 17.0 Å². The minimum atomic E-state index is -0.122. The summed E-state index contributed by atoms with van der Waals surface area (Å²) in [5.74, 6) is 1.70. The predicted octanol–water partition coefficient (Wildman–Crippen LogP) is 5.15. The number of nitrogens with zero attached hydrogens (tertiary/aromatic N) is 4. The van der Waals surface area contributed by atoms with Crippen molar-refractivity contribution in [1.82, 2.24) is 19.9 Å². The Kier molecular flexibility index (Phi) is 5.79. The van der Waals surface area contributed by atoms with E-state index in [9.17, 15) is 0 Å². The Bertz CT molecular complexity index is 1240. The number of aryl methyl sites for hydroxylation is 1. The van der Waals surface area contributed by atoms with Gasteiger partial charge in [0.15, 0.2) is 5.11 Å². The molecule has 0 spiro atoms. The summed E-state index contributed by atoms with van der Waals surface area (Å²) >= 11 is 5.84. The van der Waals surface area contributed by atoms with Gasteiger partial charge in [0.2, 0.25) is 0 Å². The van der Waals surface area contributed by atoms with Crippen LogP contribution in [0, 0.1) is 6.92 Å². The number of thiocarbonyl (C=S) groups is 1. The first-order chi connectivity index (χ1) is 16.2. The minimum absolute atomic E-state index is 0.121. The molecule has 1 aliphatic heterocycles. The van der Waals surface area contributed by atoms with E-state index in [2.05, 4.69) is 36.9 Å². The average molecular weight is 456 g/mol. The molecule has 0 saturated carbocycles. The van der Waals surface area contributed by atoms with Gasteiger partial charge in [-0.2, -0.15) is 0 Å². The molecule has 33 heavy (non-hydrogen) atoms. The van der Waals surface area contributed by atoms with Crippen LogP contribution >= 0.6 is 12.2 Å². The summed E-state index contributed by atoms with van der Waals surface area (Å²) in [5, 5.41) is 4.17. The molecule has 1 N–H and O–H groups in total. The fourth-order valence-electron chi connectivity index (χ4n) is 4.25. The van der Waals surface area contributed by atoms with Crippen LogP contribution in [0.3, 0.4) is 0 Å². The monoisotopic (exact) mass is 455 g/mol.